The molecule has 1 N–H and O–H groups in total. The van der Waals surface area contributed by atoms with Gasteiger partial charge in [0, 0.05) is 17.3 Å². The topological polar surface area (TPSA) is 25.0 Å². The third-order valence-electron chi connectivity index (χ3n) is 1.96. The van der Waals surface area contributed by atoms with Gasteiger partial charge in [0.05, 0.1) is 0 Å². The number of hydrogen-bond acceptors (Lipinski definition) is 1. The summed E-state index contributed by atoms with van der Waals surface area (Å²) < 4.78 is 39.5. The van der Waals surface area contributed by atoms with Crippen molar-refractivity contribution < 1.29 is 17.9 Å². The smallest absolute Gasteiger partial charge is 0.406 e. The highest BCUT2D eigenvalue weighted by atomic mass is 19.4. The number of ether oxygens (including phenoxy) is 1. The molecule has 2 rings (SSSR count). The van der Waals surface area contributed by atoms with Gasteiger partial charge in [-0.25, -0.2) is 0 Å². The Labute approximate surface area is 83.7 Å². The fourth-order valence-corrected chi connectivity index (χ4v) is 1.45. The summed E-state index contributed by atoms with van der Waals surface area (Å²) in [5.74, 6) is -0.211. The van der Waals surface area contributed by atoms with Crippen LogP contribution < -0.4 is 4.74 Å². The first-order chi connectivity index (χ1) is 6.94. The Morgan fingerprint density at radius 3 is 2.60 bits per heavy atom. The number of halogens is 3. The molecule has 2 nitrogen and oxygen atoms in total. The van der Waals surface area contributed by atoms with Crippen LogP contribution in [0.5, 0.6) is 5.75 Å². The molecule has 2 aromatic rings. The molecule has 0 saturated heterocycles. The van der Waals surface area contributed by atoms with Crippen molar-refractivity contribution in [2.45, 2.75) is 13.3 Å². The lowest BCUT2D eigenvalue weighted by molar-refractivity contribution is -0.274. The summed E-state index contributed by atoms with van der Waals surface area (Å²) in [6.45, 7) is 1.84. The van der Waals surface area contributed by atoms with Crippen LogP contribution in [0.25, 0.3) is 10.9 Å². The van der Waals surface area contributed by atoms with E-state index in [-0.39, 0.29) is 5.75 Å². The van der Waals surface area contributed by atoms with Gasteiger partial charge in [-0.2, -0.15) is 0 Å². The third-order valence-corrected chi connectivity index (χ3v) is 1.96. The normalized spacial score (nSPS) is 12.0. The van der Waals surface area contributed by atoms with E-state index in [1.165, 1.54) is 12.1 Å². The summed E-state index contributed by atoms with van der Waals surface area (Å²) in [6.07, 6.45) is -4.64. The summed E-state index contributed by atoms with van der Waals surface area (Å²) in [6, 6.07) is 6.06. The van der Waals surface area contributed by atoms with Crippen molar-refractivity contribution in [1.82, 2.24) is 4.98 Å². The van der Waals surface area contributed by atoms with Crippen LogP contribution in [0.3, 0.4) is 0 Å². The van der Waals surface area contributed by atoms with Crippen LogP contribution in [0.1, 0.15) is 5.69 Å². The van der Waals surface area contributed by atoms with Crippen LogP contribution in [0.2, 0.25) is 0 Å². The van der Waals surface area contributed by atoms with E-state index in [0.717, 1.165) is 11.1 Å². The highest BCUT2D eigenvalue weighted by Gasteiger charge is 2.31. The molecule has 0 fully saturated rings. The minimum Gasteiger partial charge on any atom is -0.406 e. The van der Waals surface area contributed by atoms with Crippen molar-refractivity contribution in [1.29, 1.82) is 0 Å². The molecule has 15 heavy (non-hydrogen) atoms. The minimum absolute atomic E-state index is 0.211. The number of aromatic nitrogens is 1. The van der Waals surface area contributed by atoms with Crippen molar-refractivity contribution in [2.24, 2.45) is 0 Å². The van der Waals surface area contributed by atoms with Crippen LogP contribution in [-0.4, -0.2) is 11.3 Å². The first-order valence-electron chi connectivity index (χ1n) is 4.29. The van der Waals surface area contributed by atoms with E-state index in [1.54, 1.807) is 6.07 Å². The zero-order valence-corrected chi connectivity index (χ0v) is 7.85. The molecule has 0 saturated carbocycles. The molecule has 0 aliphatic heterocycles. The summed E-state index contributed by atoms with van der Waals surface area (Å²) in [5.41, 5.74) is 1.53. The second-order valence-corrected chi connectivity index (χ2v) is 3.25. The van der Waals surface area contributed by atoms with E-state index < -0.39 is 6.36 Å². The van der Waals surface area contributed by atoms with Crippen LogP contribution in [0.4, 0.5) is 13.2 Å². The maximum Gasteiger partial charge on any atom is 0.573 e. The monoisotopic (exact) mass is 215 g/mol. The Kier molecular flexibility index (Phi) is 2.10. The standard InChI is InChI=1S/C10H8F3NO/c1-6-4-7-2-3-8(5-9(7)14-6)15-10(11,12)13/h2-5,14H,1H3. The molecular formula is C10H8F3NO. The fraction of sp³-hybridized carbons (Fsp3) is 0.200. The van der Waals surface area contributed by atoms with Crippen molar-refractivity contribution >= 4 is 10.9 Å². The number of rotatable bonds is 1. The lowest BCUT2D eigenvalue weighted by atomic mass is 10.2. The van der Waals surface area contributed by atoms with Gasteiger partial charge < -0.3 is 9.72 Å². The van der Waals surface area contributed by atoms with Gasteiger partial charge in [0.15, 0.2) is 0 Å². The van der Waals surface area contributed by atoms with Gasteiger partial charge in [-0.3, -0.25) is 0 Å². The zero-order valence-electron chi connectivity index (χ0n) is 7.85. The van der Waals surface area contributed by atoms with E-state index in [9.17, 15) is 13.2 Å². The predicted molar refractivity (Wildman–Crippen MR) is 49.7 cm³/mol. The summed E-state index contributed by atoms with van der Waals surface area (Å²) in [5, 5.41) is 0.863. The summed E-state index contributed by atoms with van der Waals surface area (Å²) >= 11 is 0. The minimum atomic E-state index is -4.64. The largest absolute Gasteiger partial charge is 0.573 e. The van der Waals surface area contributed by atoms with Gasteiger partial charge in [0.25, 0.3) is 0 Å². The van der Waals surface area contributed by atoms with E-state index in [4.69, 9.17) is 0 Å². The number of H-pyrrole nitrogens is 1. The molecular weight excluding hydrogens is 207 g/mol. The van der Waals surface area contributed by atoms with Crippen LogP contribution >= 0.6 is 0 Å². The molecule has 5 heteroatoms. The van der Waals surface area contributed by atoms with Gasteiger partial charge in [-0.05, 0) is 30.5 Å². The van der Waals surface area contributed by atoms with Crippen molar-refractivity contribution in [3.8, 4) is 5.75 Å². The molecule has 0 bridgehead atoms. The number of fused-ring (bicyclic) bond motifs is 1. The van der Waals surface area contributed by atoms with E-state index in [1.807, 2.05) is 13.0 Å². The molecule has 1 aromatic carbocycles. The molecule has 1 aromatic heterocycles. The second-order valence-electron chi connectivity index (χ2n) is 3.25. The van der Waals surface area contributed by atoms with Gasteiger partial charge in [-0.1, -0.05) is 0 Å². The van der Waals surface area contributed by atoms with Crippen LogP contribution in [0, 0.1) is 6.92 Å². The Hall–Kier alpha value is -1.65. The van der Waals surface area contributed by atoms with Crippen LogP contribution in [0.15, 0.2) is 24.3 Å². The highest BCUT2D eigenvalue weighted by Crippen LogP contribution is 2.26. The van der Waals surface area contributed by atoms with Crippen molar-refractivity contribution in [2.75, 3.05) is 0 Å². The van der Waals surface area contributed by atoms with Crippen molar-refractivity contribution in [3.63, 3.8) is 0 Å². The van der Waals surface area contributed by atoms with Gasteiger partial charge >= 0.3 is 6.36 Å². The molecule has 0 atom stereocenters. The highest BCUT2D eigenvalue weighted by molar-refractivity contribution is 5.81. The quantitative estimate of drug-likeness (QED) is 0.775. The van der Waals surface area contributed by atoms with Gasteiger partial charge in [-0.15, -0.1) is 13.2 Å². The van der Waals surface area contributed by atoms with Crippen molar-refractivity contribution in [3.05, 3.63) is 30.0 Å². The van der Waals surface area contributed by atoms with E-state index in [2.05, 4.69) is 9.72 Å². The lowest BCUT2D eigenvalue weighted by Gasteiger charge is -2.08. The molecule has 0 aliphatic rings. The number of alkyl halides is 3. The summed E-state index contributed by atoms with van der Waals surface area (Å²) in [4.78, 5) is 2.94. The average molecular weight is 215 g/mol. The Morgan fingerprint density at radius 1 is 1.20 bits per heavy atom. The Balaban J connectivity index is 2.38. The van der Waals surface area contributed by atoms with Gasteiger partial charge in [0.2, 0.25) is 0 Å². The fourth-order valence-electron chi connectivity index (χ4n) is 1.45. The number of nitrogens with one attached hydrogen (secondary N) is 1. The predicted octanol–water partition coefficient (Wildman–Crippen LogP) is 3.37. The van der Waals surface area contributed by atoms with E-state index in [0.29, 0.717) is 5.52 Å². The van der Waals surface area contributed by atoms with E-state index >= 15 is 0 Å². The molecule has 1 heterocycles. The number of aromatic amines is 1. The molecule has 0 amide bonds. The van der Waals surface area contributed by atoms with Gasteiger partial charge in [0.1, 0.15) is 5.75 Å². The van der Waals surface area contributed by atoms with Crippen LogP contribution in [-0.2, 0) is 0 Å². The zero-order chi connectivity index (χ0) is 11.1. The SMILES string of the molecule is Cc1cc2ccc(OC(F)(F)F)cc2[nH]1. The molecule has 0 radical (unpaired) electrons. The summed E-state index contributed by atoms with van der Waals surface area (Å²) in [7, 11) is 0. The third kappa shape index (κ3) is 2.23. The molecule has 0 aliphatic carbocycles. The maximum absolute atomic E-state index is 11.9. The number of hydrogen-bond donors (Lipinski definition) is 1. The first-order valence-corrected chi connectivity index (χ1v) is 4.29. The molecule has 0 unspecified atom stereocenters. The number of benzene rings is 1. The Bertz CT molecular complexity index is 487. The Morgan fingerprint density at radius 2 is 1.93 bits per heavy atom. The first kappa shape index (κ1) is 9.89. The average Bonchev–Trinajstić information content (AvgIpc) is 2.40. The number of aryl methyl sites for hydroxylation is 1. The maximum atomic E-state index is 11.9. The molecule has 0 spiro atoms. The second kappa shape index (κ2) is 3.18. The molecule has 80 valence electrons. The lowest BCUT2D eigenvalue weighted by Crippen LogP contribution is -2.16.